The number of anilines is 1. The molecule has 0 bridgehead atoms. The fourth-order valence-electron chi connectivity index (χ4n) is 1.79. The maximum Gasteiger partial charge on any atom is 0.233 e. The van der Waals surface area contributed by atoms with Crippen LogP contribution in [-0.4, -0.2) is 9.97 Å². The number of hydrogen-bond donors (Lipinski definition) is 1. The van der Waals surface area contributed by atoms with Gasteiger partial charge in [0.2, 0.25) is 5.89 Å². The number of aromatic nitrogens is 2. The van der Waals surface area contributed by atoms with Crippen LogP contribution in [0.4, 0.5) is 10.1 Å². The lowest BCUT2D eigenvalue weighted by atomic mass is 10.1. The number of nitrogens with zero attached hydrogens (tertiary/aromatic N) is 2. The molecule has 0 amide bonds. The number of aryl methyl sites for hydroxylation is 1. The highest BCUT2D eigenvalue weighted by Gasteiger charge is 2.16. The van der Waals surface area contributed by atoms with Gasteiger partial charge in [0, 0.05) is 11.4 Å². The first-order valence-corrected chi connectivity index (χ1v) is 5.44. The zero-order chi connectivity index (χ0) is 12.7. The van der Waals surface area contributed by atoms with Crippen LogP contribution in [0.15, 0.2) is 34.7 Å². The van der Waals surface area contributed by atoms with Gasteiger partial charge in [0.15, 0.2) is 11.2 Å². The fourth-order valence-corrected chi connectivity index (χ4v) is 1.79. The van der Waals surface area contributed by atoms with Crippen molar-refractivity contribution in [3.05, 3.63) is 41.8 Å². The monoisotopic (exact) mass is 243 g/mol. The third-order valence-electron chi connectivity index (χ3n) is 2.65. The maximum atomic E-state index is 13.7. The van der Waals surface area contributed by atoms with E-state index in [4.69, 9.17) is 10.2 Å². The normalized spacial score (nSPS) is 11.0. The fraction of sp³-hybridized carbons (Fsp3) is 0.0769. The van der Waals surface area contributed by atoms with Gasteiger partial charge in [0.25, 0.3) is 0 Å². The largest absolute Gasteiger partial charge is 0.434 e. The molecule has 18 heavy (non-hydrogen) atoms. The molecular formula is C13H10FN3O. The number of halogens is 1. The molecule has 90 valence electrons. The average Bonchev–Trinajstić information content (AvgIpc) is 2.71. The molecule has 0 aliphatic carbocycles. The van der Waals surface area contributed by atoms with E-state index in [1.165, 1.54) is 6.07 Å². The van der Waals surface area contributed by atoms with Gasteiger partial charge in [-0.25, -0.2) is 9.37 Å². The number of hydrogen-bond acceptors (Lipinski definition) is 4. The van der Waals surface area contributed by atoms with Gasteiger partial charge in [-0.15, -0.1) is 0 Å². The lowest BCUT2D eigenvalue weighted by Gasteiger charge is -2.01. The van der Waals surface area contributed by atoms with Crippen molar-refractivity contribution >= 4 is 16.9 Å². The Morgan fingerprint density at radius 2 is 2.00 bits per heavy atom. The van der Waals surface area contributed by atoms with Crippen LogP contribution in [0.25, 0.3) is 22.7 Å². The van der Waals surface area contributed by atoms with Gasteiger partial charge >= 0.3 is 0 Å². The Labute approximate surface area is 102 Å². The van der Waals surface area contributed by atoms with E-state index in [1.807, 2.05) is 13.0 Å². The molecule has 0 aliphatic heterocycles. The smallest absolute Gasteiger partial charge is 0.233 e. The number of rotatable bonds is 1. The van der Waals surface area contributed by atoms with E-state index in [9.17, 15) is 4.39 Å². The minimum absolute atomic E-state index is 0.152. The predicted octanol–water partition coefficient (Wildman–Crippen LogP) is 2.92. The molecular weight excluding hydrogens is 233 g/mol. The van der Waals surface area contributed by atoms with Crippen molar-refractivity contribution < 1.29 is 8.81 Å². The van der Waals surface area contributed by atoms with Crippen LogP contribution in [-0.2, 0) is 0 Å². The summed E-state index contributed by atoms with van der Waals surface area (Å²) in [6, 6.07) is 8.03. The first-order valence-electron chi connectivity index (χ1n) is 5.44. The number of oxazole rings is 1. The van der Waals surface area contributed by atoms with Gasteiger partial charge in [0.05, 0.1) is 5.56 Å². The standard InChI is InChI=1S/C13H10FN3O/c1-7-5-6-10-12(16-7)17-13(18-10)11-8(14)3-2-4-9(11)15/h2-6H,15H2,1H3. The third-order valence-corrected chi connectivity index (χ3v) is 2.65. The molecule has 1 aromatic carbocycles. The minimum Gasteiger partial charge on any atom is -0.434 e. The lowest BCUT2D eigenvalue weighted by molar-refractivity contribution is 0.594. The summed E-state index contributed by atoms with van der Waals surface area (Å²) in [5.74, 6) is -0.308. The van der Waals surface area contributed by atoms with Crippen molar-refractivity contribution in [2.75, 3.05) is 5.73 Å². The van der Waals surface area contributed by atoms with E-state index in [-0.39, 0.29) is 11.5 Å². The summed E-state index contributed by atoms with van der Waals surface area (Å²) in [4.78, 5) is 8.38. The predicted molar refractivity (Wildman–Crippen MR) is 66.3 cm³/mol. The Morgan fingerprint density at radius 1 is 1.17 bits per heavy atom. The molecule has 0 atom stereocenters. The summed E-state index contributed by atoms with van der Waals surface area (Å²) in [6.07, 6.45) is 0. The number of fused-ring (bicyclic) bond motifs is 1. The Kier molecular flexibility index (Phi) is 2.26. The summed E-state index contributed by atoms with van der Waals surface area (Å²) in [7, 11) is 0. The lowest BCUT2D eigenvalue weighted by Crippen LogP contribution is -1.93. The average molecular weight is 243 g/mol. The zero-order valence-corrected chi connectivity index (χ0v) is 9.64. The van der Waals surface area contributed by atoms with Gasteiger partial charge < -0.3 is 10.2 Å². The van der Waals surface area contributed by atoms with E-state index in [0.29, 0.717) is 16.9 Å². The molecule has 0 saturated carbocycles. The molecule has 4 nitrogen and oxygen atoms in total. The van der Waals surface area contributed by atoms with Crippen LogP contribution in [0.1, 0.15) is 5.69 Å². The number of benzene rings is 1. The van der Waals surface area contributed by atoms with Gasteiger partial charge in [0.1, 0.15) is 5.82 Å². The van der Waals surface area contributed by atoms with E-state index in [0.717, 1.165) is 5.69 Å². The Morgan fingerprint density at radius 3 is 2.78 bits per heavy atom. The Balaban J connectivity index is 2.26. The SMILES string of the molecule is Cc1ccc2oc(-c3c(N)cccc3F)nc2n1. The second kappa shape index (κ2) is 3.80. The summed E-state index contributed by atoms with van der Waals surface area (Å²) in [5, 5.41) is 0. The molecule has 2 N–H and O–H groups in total. The van der Waals surface area contributed by atoms with Crippen LogP contribution in [0, 0.1) is 12.7 Å². The molecule has 2 aromatic heterocycles. The van der Waals surface area contributed by atoms with Crippen LogP contribution in [0.2, 0.25) is 0 Å². The highest BCUT2D eigenvalue weighted by atomic mass is 19.1. The van der Waals surface area contributed by atoms with Crippen LogP contribution in [0.3, 0.4) is 0 Å². The summed E-state index contributed by atoms with van der Waals surface area (Å²) < 4.78 is 19.2. The van der Waals surface area contributed by atoms with Gasteiger partial charge in [-0.2, -0.15) is 4.98 Å². The summed E-state index contributed by atoms with van der Waals surface area (Å²) in [6.45, 7) is 1.85. The zero-order valence-electron chi connectivity index (χ0n) is 9.64. The van der Waals surface area contributed by atoms with Crippen LogP contribution < -0.4 is 5.73 Å². The van der Waals surface area contributed by atoms with Crippen molar-refractivity contribution in [1.29, 1.82) is 0 Å². The van der Waals surface area contributed by atoms with E-state index < -0.39 is 5.82 Å². The first-order chi connectivity index (χ1) is 8.65. The molecule has 0 fully saturated rings. The summed E-state index contributed by atoms with van der Waals surface area (Å²) in [5.41, 5.74) is 8.00. The van der Waals surface area contributed by atoms with Crippen LogP contribution in [0.5, 0.6) is 0 Å². The van der Waals surface area contributed by atoms with Crippen molar-refractivity contribution in [1.82, 2.24) is 9.97 Å². The molecule has 5 heteroatoms. The van der Waals surface area contributed by atoms with Crippen molar-refractivity contribution in [3.8, 4) is 11.5 Å². The molecule has 2 heterocycles. The van der Waals surface area contributed by atoms with E-state index >= 15 is 0 Å². The first kappa shape index (κ1) is 10.7. The highest BCUT2D eigenvalue weighted by Crippen LogP contribution is 2.30. The second-order valence-corrected chi connectivity index (χ2v) is 4.00. The van der Waals surface area contributed by atoms with Gasteiger partial charge in [-0.3, -0.25) is 0 Å². The molecule has 0 unspecified atom stereocenters. The number of pyridine rings is 1. The topological polar surface area (TPSA) is 64.9 Å². The van der Waals surface area contributed by atoms with Gasteiger partial charge in [-0.05, 0) is 31.2 Å². The van der Waals surface area contributed by atoms with E-state index in [2.05, 4.69) is 9.97 Å². The maximum absolute atomic E-state index is 13.7. The third kappa shape index (κ3) is 1.60. The van der Waals surface area contributed by atoms with Crippen molar-refractivity contribution in [2.45, 2.75) is 6.92 Å². The molecule has 0 radical (unpaired) electrons. The molecule has 3 rings (SSSR count). The molecule has 0 spiro atoms. The number of nitrogen functional groups attached to an aromatic ring is 1. The van der Waals surface area contributed by atoms with Crippen molar-refractivity contribution in [3.63, 3.8) is 0 Å². The van der Waals surface area contributed by atoms with Gasteiger partial charge in [-0.1, -0.05) is 6.07 Å². The van der Waals surface area contributed by atoms with Crippen LogP contribution >= 0.6 is 0 Å². The quantitative estimate of drug-likeness (QED) is 0.667. The second-order valence-electron chi connectivity index (χ2n) is 4.00. The summed E-state index contributed by atoms with van der Waals surface area (Å²) >= 11 is 0. The molecule has 3 aromatic rings. The minimum atomic E-state index is -0.460. The number of nitrogens with two attached hydrogens (primary N) is 1. The Hall–Kier alpha value is -2.43. The highest BCUT2D eigenvalue weighted by molar-refractivity contribution is 5.77. The molecule has 0 aliphatic rings. The molecule has 0 saturated heterocycles. The van der Waals surface area contributed by atoms with Crippen molar-refractivity contribution in [2.24, 2.45) is 0 Å². The Bertz CT molecular complexity index is 716. The van der Waals surface area contributed by atoms with E-state index in [1.54, 1.807) is 18.2 Å².